The van der Waals surface area contributed by atoms with Gasteiger partial charge in [0.05, 0.1) is 19.3 Å². The zero-order chi connectivity index (χ0) is 17.8. The molecule has 0 aliphatic carbocycles. The molecular weight excluding hydrogens is 318 g/mol. The Labute approximate surface area is 150 Å². The first-order valence-electron chi connectivity index (χ1n) is 9.07. The molecule has 1 aromatic rings. The molecule has 0 saturated carbocycles. The molecule has 2 aliphatic rings. The summed E-state index contributed by atoms with van der Waals surface area (Å²) in [6.07, 6.45) is 0.907. The lowest BCUT2D eigenvalue weighted by Gasteiger charge is -2.37. The lowest BCUT2D eigenvalue weighted by atomic mass is 10.2. The predicted octanol–water partition coefficient (Wildman–Crippen LogP) is 0.725. The maximum Gasteiger partial charge on any atom is 0.236 e. The van der Waals surface area contributed by atoms with E-state index in [-0.39, 0.29) is 24.7 Å². The summed E-state index contributed by atoms with van der Waals surface area (Å²) in [5, 5.41) is 9.53. The van der Waals surface area contributed by atoms with Crippen LogP contribution in [0.3, 0.4) is 0 Å². The molecule has 2 atom stereocenters. The zero-order valence-electron chi connectivity index (χ0n) is 15.2. The molecule has 6 nitrogen and oxygen atoms in total. The summed E-state index contributed by atoms with van der Waals surface area (Å²) in [6, 6.07) is 8.53. The highest BCUT2D eigenvalue weighted by atomic mass is 16.5. The van der Waals surface area contributed by atoms with E-state index in [4.69, 9.17) is 4.74 Å². The number of carbonyl (C=O) groups is 1. The molecule has 138 valence electrons. The number of benzene rings is 1. The van der Waals surface area contributed by atoms with Gasteiger partial charge in [0.1, 0.15) is 0 Å². The number of carbonyl (C=O) groups excluding carboxylic acids is 1. The highest BCUT2D eigenvalue weighted by molar-refractivity contribution is 5.78. The minimum absolute atomic E-state index is 0.0301. The highest BCUT2D eigenvalue weighted by Gasteiger charge is 2.34. The predicted molar refractivity (Wildman–Crippen MR) is 97.8 cm³/mol. The van der Waals surface area contributed by atoms with Gasteiger partial charge in [0, 0.05) is 51.6 Å². The van der Waals surface area contributed by atoms with Crippen LogP contribution in [-0.2, 0) is 9.53 Å². The van der Waals surface area contributed by atoms with E-state index in [0.717, 1.165) is 39.1 Å². The van der Waals surface area contributed by atoms with Crippen molar-refractivity contribution in [2.45, 2.75) is 25.5 Å². The number of aliphatic hydroxyl groups is 1. The van der Waals surface area contributed by atoms with E-state index in [1.807, 2.05) is 4.90 Å². The lowest BCUT2D eigenvalue weighted by molar-refractivity contribution is -0.133. The van der Waals surface area contributed by atoms with E-state index >= 15 is 0 Å². The molecule has 0 aromatic heterocycles. The van der Waals surface area contributed by atoms with Crippen molar-refractivity contribution in [2.24, 2.45) is 0 Å². The van der Waals surface area contributed by atoms with Crippen molar-refractivity contribution in [1.29, 1.82) is 0 Å². The van der Waals surface area contributed by atoms with E-state index in [2.05, 4.69) is 41.0 Å². The Balaban J connectivity index is 1.51. The van der Waals surface area contributed by atoms with Crippen molar-refractivity contribution in [1.82, 2.24) is 9.80 Å². The average molecular weight is 347 g/mol. The first kappa shape index (κ1) is 18.2. The maximum atomic E-state index is 12.7. The molecule has 1 aromatic carbocycles. The van der Waals surface area contributed by atoms with Crippen LogP contribution in [-0.4, -0.2) is 85.9 Å². The van der Waals surface area contributed by atoms with Crippen molar-refractivity contribution < 1.29 is 14.6 Å². The summed E-state index contributed by atoms with van der Waals surface area (Å²) >= 11 is 0. The van der Waals surface area contributed by atoms with Gasteiger partial charge in [-0.2, -0.15) is 0 Å². The van der Waals surface area contributed by atoms with Crippen molar-refractivity contribution in [2.75, 3.05) is 57.9 Å². The summed E-state index contributed by atoms with van der Waals surface area (Å²) < 4.78 is 5.39. The van der Waals surface area contributed by atoms with Crippen LogP contribution in [0.25, 0.3) is 0 Å². The number of amides is 1. The van der Waals surface area contributed by atoms with E-state index < -0.39 is 0 Å². The Morgan fingerprint density at radius 3 is 2.68 bits per heavy atom. The number of aryl methyl sites for hydroxylation is 1. The minimum atomic E-state index is 0.0301. The summed E-state index contributed by atoms with van der Waals surface area (Å²) in [4.78, 5) is 19.0. The first-order chi connectivity index (χ1) is 12.1. The van der Waals surface area contributed by atoms with Crippen molar-refractivity contribution >= 4 is 11.6 Å². The van der Waals surface area contributed by atoms with Crippen LogP contribution < -0.4 is 4.90 Å². The number of likely N-dealkylation sites (tertiary alicyclic amines) is 1. The standard InChI is InChI=1S/C19H29N3O3/c1-15-4-3-5-16(10-15)20-6-8-21(9-7-20)19(24)13-22-12-18(25-2)11-17(22)14-23/h3-5,10,17-18,23H,6-9,11-14H2,1-2H3/t17-,18-/m0/s1. The molecule has 2 heterocycles. The van der Waals surface area contributed by atoms with Gasteiger partial charge in [-0.25, -0.2) is 0 Å². The Morgan fingerprint density at radius 2 is 2.04 bits per heavy atom. The van der Waals surface area contributed by atoms with E-state index in [0.29, 0.717) is 6.54 Å². The normalized spacial score (nSPS) is 24.8. The van der Waals surface area contributed by atoms with Crippen LogP contribution in [0.5, 0.6) is 0 Å². The summed E-state index contributed by atoms with van der Waals surface area (Å²) in [7, 11) is 1.69. The number of piperazine rings is 1. The zero-order valence-corrected chi connectivity index (χ0v) is 15.2. The molecular formula is C19H29N3O3. The molecule has 1 amide bonds. The number of hydrogen-bond acceptors (Lipinski definition) is 5. The second-order valence-corrected chi connectivity index (χ2v) is 7.07. The number of methoxy groups -OCH3 is 1. The average Bonchev–Trinajstić information content (AvgIpc) is 3.04. The Kier molecular flexibility index (Phi) is 5.93. The largest absolute Gasteiger partial charge is 0.395 e. The molecule has 6 heteroatoms. The summed E-state index contributed by atoms with van der Waals surface area (Å²) in [5.74, 6) is 0.152. The van der Waals surface area contributed by atoms with Gasteiger partial charge in [-0.3, -0.25) is 9.69 Å². The van der Waals surface area contributed by atoms with Gasteiger partial charge in [-0.15, -0.1) is 0 Å². The molecule has 0 radical (unpaired) electrons. The molecule has 2 fully saturated rings. The third kappa shape index (κ3) is 4.32. The van der Waals surface area contributed by atoms with Crippen LogP contribution in [0.4, 0.5) is 5.69 Å². The lowest BCUT2D eigenvalue weighted by Crippen LogP contribution is -2.52. The van der Waals surface area contributed by atoms with Crippen molar-refractivity contribution in [3.8, 4) is 0 Å². The van der Waals surface area contributed by atoms with Crippen molar-refractivity contribution in [3.63, 3.8) is 0 Å². The number of anilines is 1. The molecule has 1 N–H and O–H groups in total. The molecule has 2 aliphatic heterocycles. The van der Waals surface area contributed by atoms with Gasteiger partial charge < -0.3 is 19.6 Å². The van der Waals surface area contributed by atoms with Gasteiger partial charge in [-0.1, -0.05) is 12.1 Å². The molecule has 2 saturated heterocycles. The molecule has 0 bridgehead atoms. The molecule has 0 spiro atoms. The van der Waals surface area contributed by atoms with Gasteiger partial charge in [0.25, 0.3) is 0 Å². The van der Waals surface area contributed by atoms with Gasteiger partial charge in [0.15, 0.2) is 0 Å². The third-order valence-corrected chi connectivity index (χ3v) is 5.37. The fraction of sp³-hybridized carbons (Fsp3) is 0.632. The van der Waals surface area contributed by atoms with Gasteiger partial charge in [0.2, 0.25) is 5.91 Å². The third-order valence-electron chi connectivity index (χ3n) is 5.37. The monoisotopic (exact) mass is 347 g/mol. The number of aliphatic hydroxyl groups excluding tert-OH is 1. The van der Waals surface area contributed by atoms with Crippen LogP contribution in [0, 0.1) is 6.92 Å². The number of rotatable bonds is 5. The van der Waals surface area contributed by atoms with Crippen LogP contribution in [0.15, 0.2) is 24.3 Å². The van der Waals surface area contributed by atoms with Gasteiger partial charge >= 0.3 is 0 Å². The Morgan fingerprint density at radius 1 is 1.28 bits per heavy atom. The highest BCUT2D eigenvalue weighted by Crippen LogP contribution is 2.21. The van der Waals surface area contributed by atoms with Crippen LogP contribution in [0.2, 0.25) is 0 Å². The van der Waals surface area contributed by atoms with E-state index in [1.165, 1.54) is 11.3 Å². The SMILES string of the molecule is CO[C@H]1C[C@@H](CO)N(CC(=O)N2CCN(c3cccc(C)c3)CC2)C1. The van der Waals surface area contributed by atoms with E-state index in [9.17, 15) is 9.90 Å². The smallest absolute Gasteiger partial charge is 0.236 e. The number of nitrogens with zero attached hydrogens (tertiary/aromatic N) is 3. The van der Waals surface area contributed by atoms with Gasteiger partial charge in [-0.05, 0) is 31.0 Å². The summed E-state index contributed by atoms with van der Waals surface area (Å²) in [6.45, 7) is 6.49. The van der Waals surface area contributed by atoms with Crippen LogP contribution >= 0.6 is 0 Å². The maximum absolute atomic E-state index is 12.7. The second-order valence-electron chi connectivity index (χ2n) is 7.07. The summed E-state index contributed by atoms with van der Waals surface area (Å²) in [5.41, 5.74) is 2.49. The fourth-order valence-electron chi connectivity index (χ4n) is 3.80. The van der Waals surface area contributed by atoms with Crippen LogP contribution in [0.1, 0.15) is 12.0 Å². The Hall–Kier alpha value is -1.63. The first-order valence-corrected chi connectivity index (χ1v) is 9.07. The molecule has 25 heavy (non-hydrogen) atoms. The minimum Gasteiger partial charge on any atom is -0.395 e. The van der Waals surface area contributed by atoms with E-state index in [1.54, 1.807) is 7.11 Å². The number of ether oxygens (including phenoxy) is 1. The quantitative estimate of drug-likeness (QED) is 0.851. The van der Waals surface area contributed by atoms with Crippen molar-refractivity contribution in [3.05, 3.63) is 29.8 Å². The number of hydrogen-bond donors (Lipinski definition) is 1. The fourth-order valence-corrected chi connectivity index (χ4v) is 3.80. The Bertz CT molecular complexity index is 587. The second kappa shape index (κ2) is 8.17. The molecule has 0 unspecified atom stereocenters. The molecule has 3 rings (SSSR count). The topological polar surface area (TPSA) is 56.3 Å².